The Hall–Kier alpha value is -9.31. The number of nitrogens with zero attached hydrogens (tertiary/aromatic N) is 3. The van der Waals surface area contributed by atoms with Crippen LogP contribution in [0.2, 0.25) is 0 Å². The number of guanidine groups is 2. The van der Waals surface area contributed by atoms with Gasteiger partial charge in [0, 0.05) is 45.1 Å². The number of hydrogen-bond acceptors (Lipinski definition) is 19. The molecule has 0 aliphatic carbocycles. The molecule has 1 aliphatic heterocycles. The van der Waals surface area contributed by atoms with Gasteiger partial charge in [-0.15, -0.1) is 0 Å². The monoisotopic (exact) mass is 1160 g/mol. The lowest BCUT2D eigenvalue weighted by Crippen LogP contribution is -2.60. The van der Waals surface area contributed by atoms with Gasteiger partial charge < -0.3 is 86.1 Å². The summed E-state index contributed by atoms with van der Waals surface area (Å²) >= 11 is 0. The number of carboxylic acids is 1. The van der Waals surface area contributed by atoms with Gasteiger partial charge in [-0.25, -0.2) is 0 Å². The molecule has 82 heavy (non-hydrogen) atoms. The maximum Gasteiger partial charge on any atom is 0.303 e. The van der Waals surface area contributed by atoms with Crippen LogP contribution in [0.1, 0.15) is 91.4 Å². The molecule has 0 spiro atoms. The van der Waals surface area contributed by atoms with Gasteiger partial charge in [0.15, 0.2) is 11.9 Å². The predicted molar refractivity (Wildman–Crippen MR) is 290 cm³/mol. The quantitative estimate of drug-likeness (QED) is 0.00976. The molecule has 21 N–H and O–H groups in total. The van der Waals surface area contributed by atoms with E-state index in [0.29, 0.717) is 18.9 Å². The van der Waals surface area contributed by atoms with Crippen LogP contribution in [-0.2, 0) is 52.7 Å². The molecule has 8 atom stereocenters. The molecule has 9 amide bonds. The third kappa shape index (κ3) is 24.8. The van der Waals surface area contributed by atoms with Crippen LogP contribution in [0.4, 0.5) is 17.1 Å². The number of primary amides is 1. The van der Waals surface area contributed by atoms with Crippen molar-refractivity contribution in [2.24, 2.45) is 28.9 Å². The topological polar surface area (TPSA) is 570 Å². The fraction of sp³-hybridized carbons (Fsp3) is 0.596. The van der Waals surface area contributed by atoms with E-state index >= 15 is 0 Å². The summed E-state index contributed by atoms with van der Waals surface area (Å²) in [6, 6.07) is -8.63. The minimum atomic E-state index is -1.79. The van der Waals surface area contributed by atoms with Gasteiger partial charge in [0.1, 0.15) is 41.9 Å². The standard InChI is InChI=1S/C47H74N19O16/c1-24(2)19-32(60-37(69)22-57-40(73)31(13-14-36(49)68)62-44(77)34-9-6-18-64(34)45(78)28(48)7-4-16-54-46(50)51)42(75)63-33(21-56-29-12-11-27(65(79)80)20-35(29)66(81)82)43(76)58-25(3)39(72)61-30(8-5-17-55-47(52)53)41(74)59-26(23-67)10-15-38(70)71/h11-12,20,24-26,28,30-34,56H,4-10,13-19,21-22,48H2,1-3H3,(H2,49,68)(H,57,73)(H,58,76)(H,59,74)(H,60,69)(H,61,72)(H,62,77)(H,63,75)(H,70,71)(H4,50,51,54)(H4,52,53,55)/t25-,26+,28+,30+,31-,32-,33-,34-/m0/s1. The van der Waals surface area contributed by atoms with Crippen LogP contribution in [-0.4, -0.2) is 178 Å². The number of nitro benzene ring substituents is 2. The molecule has 1 heterocycles. The molecule has 0 bridgehead atoms. The highest BCUT2D eigenvalue weighted by Gasteiger charge is 2.38. The van der Waals surface area contributed by atoms with E-state index in [1.807, 2.05) is 0 Å². The summed E-state index contributed by atoms with van der Waals surface area (Å²) < 4.78 is 0. The Morgan fingerprint density at radius 2 is 1.33 bits per heavy atom. The van der Waals surface area contributed by atoms with Crippen LogP contribution >= 0.6 is 0 Å². The number of aliphatic carboxylic acids is 1. The first-order chi connectivity index (χ1) is 38.5. The Morgan fingerprint density at radius 3 is 1.90 bits per heavy atom. The average molecular weight is 1160 g/mol. The zero-order chi connectivity index (χ0) is 61.8. The molecule has 1 aromatic carbocycles. The van der Waals surface area contributed by atoms with Gasteiger partial charge in [0.2, 0.25) is 59.5 Å². The highest BCUT2D eigenvalue weighted by atomic mass is 16.6. The molecule has 0 unspecified atom stereocenters. The molecule has 35 nitrogen and oxygen atoms in total. The highest BCUT2D eigenvalue weighted by molar-refractivity contribution is 5.98. The second-order valence-electron chi connectivity index (χ2n) is 19.4. The van der Waals surface area contributed by atoms with Gasteiger partial charge in [0.05, 0.1) is 34.5 Å². The molecule has 453 valence electrons. The van der Waals surface area contributed by atoms with Crippen LogP contribution < -0.4 is 76.1 Å². The predicted octanol–water partition coefficient (Wildman–Crippen LogP) is -4.91. The molecule has 1 aromatic rings. The smallest absolute Gasteiger partial charge is 0.303 e. The maximum absolute atomic E-state index is 14.1. The SMILES string of the molecule is CC(C)C[C@H](NC(=O)CNC(=O)[C@H](CCC(N)=O)NC(=O)[C@@H]1CCCN1C(=O)[C@H](N)CCCNC(=N)N)C(=O)N[C@@H](CNc1ccc([N+](=O)[O-])cc1[N+](=O)[O-])C(=O)N[C@@H](C)C(=O)N[C@H](CCCNC(=N)N)C(=O)N[C@@H]([C]=O)CCC(=O)O. The van der Waals surface area contributed by atoms with Crippen molar-refractivity contribution in [3.63, 3.8) is 0 Å². The van der Waals surface area contributed by atoms with Crippen molar-refractivity contribution in [2.75, 3.05) is 38.0 Å². The third-order valence-corrected chi connectivity index (χ3v) is 12.3. The van der Waals surface area contributed by atoms with E-state index in [4.69, 9.17) is 38.9 Å². The number of nitrogens with one attached hydrogen (secondary N) is 12. The number of carbonyl (C=O) groups excluding carboxylic acids is 10. The number of carbonyl (C=O) groups is 10. The number of hydrogen-bond donors (Lipinski definition) is 17. The normalized spacial score (nSPS) is 15.2. The Balaban J connectivity index is 2.37. The van der Waals surface area contributed by atoms with Gasteiger partial charge >= 0.3 is 5.97 Å². The molecule has 1 aliphatic rings. The number of likely N-dealkylation sites (tertiary alicyclic amines) is 1. The second kappa shape index (κ2) is 34.6. The van der Waals surface area contributed by atoms with Crippen LogP contribution in [0.5, 0.6) is 0 Å². The number of non-ortho nitro benzene ring substituents is 1. The Kier molecular flexibility index (Phi) is 29.1. The number of amides is 9. The van der Waals surface area contributed by atoms with Gasteiger partial charge in [-0.3, -0.25) is 83.8 Å². The molecule has 0 aromatic heterocycles. The number of nitro groups is 2. The molecular formula is C47H74N19O16. The number of rotatable bonds is 37. The van der Waals surface area contributed by atoms with Crippen LogP contribution in [0.15, 0.2) is 18.2 Å². The zero-order valence-electron chi connectivity index (χ0n) is 45.5. The minimum absolute atomic E-state index is 0.0450. The Bertz CT molecular complexity index is 2520. The highest BCUT2D eigenvalue weighted by Crippen LogP contribution is 2.29. The van der Waals surface area contributed by atoms with Crippen molar-refractivity contribution in [1.29, 1.82) is 10.8 Å². The van der Waals surface area contributed by atoms with E-state index in [1.165, 1.54) is 18.1 Å². The molecular weight excluding hydrogens is 1090 g/mol. The van der Waals surface area contributed by atoms with Gasteiger partial charge in [0.25, 0.3) is 11.4 Å². The first-order valence-electron chi connectivity index (χ1n) is 25.9. The van der Waals surface area contributed by atoms with E-state index in [2.05, 4.69) is 53.2 Å². The summed E-state index contributed by atoms with van der Waals surface area (Å²) in [6.45, 7) is 3.47. The van der Waals surface area contributed by atoms with E-state index in [-0.39, 0.29) is 82.1 Å². The van der Waals surface area contributed by atoms with Gasteiger partial charge in [-0.2, -0.15) is 0 Å². The van der Waals surface area contributed by atoms with E-state index < -0.39 is 161 Å². The van der Waals surface area contributed by atoms with E-state index in [9.17, 15) is 73.0 Å². The zero-order valence-corrected chi connectivity index (χ0v) is 45.5. The summed E-state index contributed by atoms with van der Waals surface area (Å²) in [5, 5.41) is 71.5. The molecule has 1 radical (unpaired) electrons. The van der Waals surface area contributed by atoms with Gasteiger partial charge in [-0.05, 0) is 76.7 Å². The summed E-state index contributed by atoms with van der Waals surface area (Å²) in [4.78, 5) is 166. The lowest BCUT2D eigenvalue weighted by atomic mass is 10.0. The summed E-state index contributed by atoms with van der Waals surface area (Å²) in [5.41, 5.74) is 20.3. The second-order valence-corrected chi connectivity index (χ2v) is 19.4. The van der Waals surface area contributed by atoms with Crippen molar-refractivity contribution >= 4 is 94.4 Å². The molecule has 1 fully saturated rings. The molecule has 2 rings (SSSR count). The van der Waals surface area contributed by atoms with Crippen LogP contribution in [0.25, 0.3) is 0 Å². The molecule has 0 saturated carbocycles. The number of nitrogens with two attached hydrogens (primary N) is 4. The van der Waals surface area contributed by atoms with Crippen molar-refractivity contribution in [2.45, 2.75) is 140 Å². The van der Waals surface area contributed by atoms with E-state index in [0.717, 1.165) is 12.1 Å². The van der Waals surface area contributed by atoms with Crippen molar-refractivity contribution < 1.29 is 67.7 Å². The molecule has 1 saturated heterocycles. The van der Waals surface area contributed by atoms with Crippen LogP contribution in [0.3, 0.4) is 0 Å². The third-order valence-electron chi connectivity index (χ3n) is 12.3. The first kappa shape index (κ1) is 68.8. The fourth-order valence-electron chi connectivity index (χ4n) is 8.05. The lowest BCUT2D eigenvalue weighted by Gasteiger charge is -2.28. The number of carboxylic acid groups (broad SMARTS) is 1. The largest absolute Gasteiger partial charge is 0.481 e. The van der Waals surface area contributed by atoms with Crippen LogP contribution in [0, 0.1) is 37.0 Å². The van der Waals surface area contributed by atoms with Gasteiger partial charge in [-0.1, -0.05) is 13.8 Å². The fourth-order valence-corrected chi connectivity index (χ4v) is 8.05. The maximum atomic E-state index is 14.1. The average Bonchev–Trinajstić information content (AvgIpc) is 3.98. The summed E-state index contributed by atoms with van der Waals surface area (Å²) in [5.74, 6) is -10.5. The van der Waals surface area contributed by atoms with E-state index in [1.54, 1.807) is 13.8 Å². The first-order valence-corrected chi connectivity index (χ1v) is 25.9. The van der Waals surface area contributed by atoms with Crippen molar-refractivity contribution in [3.8, 4) is 0 Å². The summed E-state index contributed by atoms with van der Waals surface area (Å²) in [7, 11) is 0. The Morgan fingerprint density at radius 1 is 0.732 bits per heavy atom. The molecule has 35 heteroatoms. The number of benzene rings is 1. The summed E-state index contributed by atoms with van der Waals surface area (Å²) in [6.07, 6.45) is 0.959. The lowest BCUT2D eigenvalue weighted by molar-refractivity contribution is -0.393. The number of anilines is 1. The Labute approximate surface area is 469 Å². The van der Waals surface area contributed by atoms with Crippen molar-refractivity contribution in [1.82, 2.24) is 52.8 Å². The van der Waals surface area contributed by atoms with Crippen molar-refractivity contribution in [3.05, 3.63) is 38.4 Å². The minimum Gasteiger partial charge on any atom is -0.481 e.